The summed E-state index contributed by atoms with van der Waals surface area (Å²) in [6, 6.07) is 14.0. The molecule has 0 aliphatic carbocycles. The number of hydrogen-bond donors (Lipinski definition) is 1. The first-order valence-electron chi connectivity index (χ1n) is 10.7. The van der Waals surface area contributed by atoms with E-state index in [2.05, 4.69) is 15.5 Å². The Kier molecular flexibility index (Phi) is 6.75. The van der Waals surface area contributed by atoms with Gasteiger partial charge in [-0.1, -0.05) is 35.0 Å². The Morgan fingerprint density at radius 2 is 2.03 bits per heavy atom. The summed E-state index contributed by atoms with van der Waals surface area (Å²) in [5.41, 5.74) is 1.72. The summed E-state index contributed by atoms with van der Waals surface area (Å²) < 4.78 is 37.8. The Balaban J connectivity index is 1.37. The molecular formula is C23H26N4O5S. The first-order chi connectivity index (χ1) is 15.9. The van der Waals surface area contributed by atoms with Gasteiger partial charge in [0, 0.05) is 18.7 Å². The third-order valence-corrected chi connectivity index (χ3v) is 7.50. The van der Waals surface area contributed by atoms with E-state index in [-0.39, 0.29) is 29.8 Å². The lowest BCUT2D eigenvalue weighted by atomic mass is 9.99. The molecule has 0 radical (unpaired) electrons. The van der Waals surface area contributed by atoms with Gasteiger partial charge in [-0.2, -0.15) is 9.29 Å². The second-order valence-electron chi connectivity index (χ2n) is 7.98. The van der Waals surface area contributed by atoms with Crippen molar-refractivity contribution in [3.05, 3.63) is 60.0 Å². The fourth-order valence-corrected chi connectivity index (χ4v) is 5.27. The van der Waals surface area contributed by atoms with Crippen LogP contribution in [0.1, 0.15) is 24.3 Å². The zero-order valence-corrected chi connectivity index (χ0v) is 19.3. The minimum absolute atomic E-state index is 0.0665. The largest absolute Gasteiger partial charge is 0.497 e. The van der Waals surface area contributed by atoms with Crippen molar-refractivity contribution >= 4 is 15.9 Å². The maximum absolute atomic E-state index is 13.0. The Hall–Kier alpha value is -3.24. The summed E-state index contributed by atoms with van der Waals surface area (Å²) in [6.07, 6.45) is 1.23. The van der Waals surface area contributed by atoms with Crippen molar-refractivity contribution in [2.75, 3.05) is 20.2 Å². The molecule has 0 bridgehead atoms. The average Bonchev–Trinajstić information content (AvgIpc) is 3.32. The number of carbonyl (C=O) groups is 1. The normalized spacial score (nSPS) is 17.0. The van der Waals surface area contributed by atoms with Crippen LogP contribution in [-0.4, -0.2) is 49.0 Å². The summed E-state index contributed by atoms with van der Waals surface area (Å²) in [4.78, 5) is 17.3. The van der Waals surface area contributed by atoms with E-state index in [0.717, 1.165) is 11.1 Å². The highest BCUT2D eigenvalue weighted by Gasteiger charge is 2.33. The molecule has 4 rings (SSSR count). The number of methoxy groups -OCH3 is 1. The van der Waals surface area contributed by atoms with Gasteiger partial charge in [-0.25, -0.2) is 8.42 Å². The number of rotatable bonds is 7. The van der Waals surface area contributed by atoms with E-state index in [0.29, 0.717) is 31.0 Å². The summed E-state index contributed by atoms with van der Waals surface area (Å²) in [5, 5.41) is 6.75. The summed E-state index contributed by atoms with van der Waals surface area (Å²) in [6.45, 7) is 2.51. The van der Waals surface area contributed by atoms with Crippen LogP contribution in [0.5, 0.6) is 5.75 Å². The third-order valence-electron chi connectivity index (χ3n) is 5.62. The molecule has 0 saturated carbocycles. The molecule has 2 heterocycles. The van der Waals surface area contributed by atoms with Crippen molar-refractivity contribution in [1.29, 1.82) is 0 Å². The van der Waals surface area contributed by atoms with E-state index in [1.807, 2.05) is 25.1 Å². The van der Waals surface area contributed by atoms with Gasteiger partial charge in [0.2, 0.25) is 27.6 Å². The van der Waals surface area contributed by atoms with Crippen LogP contribution in [0.15, 0.2) is 57.9 Å². The second-order valence-corrected chi connectivity index (χ2v) is 9.91. The number of piperidine rings is 1. The van der Waals surface area contributed by atoms with Crippen molar-refractivity contribution in [1.82, 2.24) is 19.8 Å². The van der Waals surface area contributed by atoms with Crippen LogP contribution >= 0.6 is 0 Å². The van der Waals surface area contributed by atoms with Gasteiger partial charge in [0.25, 0.3) is 0 Å². The SMILES string of the molecule is COc1cccc(-c2noc(CNC(=O)C3CCCN(S(=O)(=O)c4ccc(C)cc4)C3)n2)c1. The van der Waals surface area contributed by atoms with Gasteiger partial charge in [-0.15, -0.1) is 0 Å². The van der Waals surface area contributed by atoms with Gasteiger partial charge in [-0.3, -0.25) is 4.79 Å². The first-order valence-corrected chi connectivity index (χ1v) is 12.1. The van der Waals surface area contributed by atoms with Crippen molar-refractivity contribution in [3.8, 4) is 17.1 Å². The molecule has 0 spiro atoms. The predicted molar refractivity (Wildman–Crippen MR) is 121 cm³/mol. The standard InChI is InChI=1S/C23H26N4O5S/c1-16-8-10-20(11-9-16)33(29,30)27-12-4-6-18(15-27)23(28)24-14-21-25-22(26-32-21)17-5-3-7-19(13-17)31-2/h3,5,7-11,13,18H,4,6,12,14-15H2,1-2H3,(H,24,28). The van der Waals surface area contributed by atoms with Crippen LogP contribution in [-0.2, 0) is 21.4 Å². The molecule has 2 aromatic carbocycles. The van der Waals surface area contributed by atoms with E-state index in [4.69, 9.17) is 9.26 Å². The van der Waals surface area contributed by atoms with Crippen LogP contribution in [0, 0.1) is 12.8 Å². The molecule has 1 saturated heterocycles. The number of carbonyl (C=O) groups excluding carboxylic acids is 1. The summed E-state index contributed by atoms with van der Waals surface area (Å²) in [7, 11) is -2.07. The van der Waals surface area contributed by atoms with Gasteiger partial charge >= 0.3 is 0 Å². The molecule has 174 valence electrons. The van der Waals surface area contributed by atoms with Gasteiger partial charge in [0.15, 0.2) is 0 Å². The van der Waals surface area contributed by atoms with Gasteiger partial charge in [0.05, 0.1) is 24.5 Å². The number of hydrogen-bond acceptors (Lipinski definition) is 7. The van der Waals surface area contributed by atoms with E-state index in [1.165, 1.54) is 4.31 Å². The highest BCUT2D eigenvalue weighted by Crippen LogP contribution is 2.25. The zero-order valence-electron chi connectivity index (χ0n) is 18.5. The number of aryl methyl sites for hydroxylation is 1. The smallest absolute Gasteiger partial charge is 0.246 e. The summed E-state index contributed by atoms with van der Waals surface area (Å²) in [5.74, 6) is 0.654. The average molecular weight is 471 g/mol. The Bertz CT molecular complexity index is 1220. The Morgan fingerprint density at radius 3 is 2.79 bits per heavy atom. The molecule has 1 aromatic heterocycles. The predicted octanol–water partition coefficient (Wildman–Crippen LogP) is 2.77. The maximum atomic E-state index is 13.0. The van der Waals surface area contributed by atoms with Crippen LogP contribution in [0.3, 0.4) is 0 Å². The van der Waals surface area contributed by atoms with E-state index < -0.39 is 15.9 Å². The molecule has 1 unspecified atom stereocenters. The van der Waals surface area contributed by atoms with Crippen LogP contribution < -0.4 is 10.1 Å². The molecular weight excluding hydrogens is 444 g/mol. The zero-order chi connectivity index (χ0) is 23.4. The Morgan fingerprint density at radius 1 is 1.24 bits per heavy atom. The number of amides is 1. The monoisotopic (exact) mass is 470 g/mol. The molecule has 1 fully saturated rings. The molecule has 1 aliphatic heterocycles. The molecule has 3 aromatic rings. The molecule has 10 heteroatoms. The van der Waals surface area contributed by atoms with Crippen LogP contribution in [0.4, 0.5) is 0 Å². The summed E-state index contributed by atoms with van der Waals surface area (Å²) >= 11 is 0. The number of sulfonamides is 1. The van der Waals surface area contributed by atoms with Gasteiger partial charge in [-0.05, 0) is 44.0 Å². The highest BCUT2D eigenvalue weighted by molar-refractivity contribution is 7.89. The number of nitrogens with zero attached hydrogens (tertiary/aromatic N) is 3. The van der Waals surface area contributed by atoms with Crippen LogP contribution in [0.25, 0.3) is 11.4 Å². The second kappa shape index (κ2) is 9.72. The van der Waals surface area contributed by atoms with E-state index in [9.17, 15) is 13.2 Å². The number of aromatic nitrogens is 2. The lowest BCUT2D eigenvalue weighted by molar-refractivity contribution is -0.126. The quantitative estimate of drug-likeness (QED) is 0.565. The maximum Gasteiger partial charge on any atom is 0.246 e. The van der Waals surface area contributed by atoms with E-state index >= 15 is 0 Å². The molecule has 1 amide bonds. The number of ether oxygens (including phenoxy) is 1. The van der Waals surface area contributed by atoms with E-state index in [1.54, 1.807) is 37.4 Å². The lowest BCUT2D eigenvalue weighted by Gasteiger charge is -2.31. The molecule has 1 N–H and O–H groups in total. The fraction of sp³-hybridized carbons (Fsp3) is 0.348. The molecule has 33 heavy (non-hydrogen) atoms. The van der Waals surface area contributed by atoms with Crippen LogP contribution in [0.2, 0.25) is 0 Å². The van der Waals surface area contributed by atoms with Crippen molar-refractivity contribution < 1.29 is 22.5 Å². The minimum Gasteiger partial charge on any atom is -0.497 e. The highest BCUT2D eigenvalue weighted by atomic mass is 32.2. The lowest BCUT2D eigenvalue weighted by Crippen LogP contribution is -2.45. The first kappa shape index (κ1) is 22.9. The molecule has 9 nitrogen and oxygen atoms in total. The van der Waals surface area contributed by atoms with Crippen molar-refractivity contribution in [2.45, 2.75) is 31.2 Å². The van der Waals surface area contributed by atoms with Gasteiger partial charge in [0.1, 0.15) is 5.75 Å². The minimum atomic E-state index is -3.64. The number of benzene rings is 2. The number of nitrogens with one attached hydrogen (secondary N) is 1. The Labute approximate surface area is 192 Å². The van der Waals surface area contributed by atoms with Crippen molar-refractivity contribution in [3.63, 3.8) is 0 Å². The topological polar surface area (TPSA) is 115 Å². The van der Waals surface area contributed by atoms with Gasteiger partial charge < -0.3 is 14.6 Å². The molecule has 1 aliphatic rings. The van der Waals surface area contributed by atoms with Crippen molar-refractivity contribution in [2.24, 2.45) is 5.92 Å². The molecule has 1 atom stereocenters. The fourth-order valence-electron chi connectivity index (χ4n) is 3.75. The third kappa shape index (κ3) is 5.23.